The maximum atomic E-state index is 13.2. The molecule has 4 rings (SSSR count). The van der Waals surface area contributed by atoms with Gasteiger partial charge in [-0.05, 0) is 31.1 Å². The van der Waals surface area contributed by atoms with Gasteiger partial charge in [0.1, 0.15) is 0 Å². The van der Waals surface area contributed by atoms with Crippen molar-refractivity contribution in [2.75, 3.05) is 0 Å². The molecule has 1 aromatic carbocycles. The van der Waals surface area contributed by atoms with Gasteiger partial charge in [0.05, 0.1) is 40.4 Å². The third-order valence-corrected chi connectivity index (χ3v) is 4.06. The van der Waals surface area contributed by atoms with Gasteiger partial charge in [-0.15, -0.1) is 0 Å². The van der Waals surface area contributed by atoms with Crippen LogP contribution < -0.4 is 0 Å². The minimum Gasteiger partial charge on any atom is -0.252 e. The predicted octanol–water partition coefficient (Wildman–Crippen LogP) is 4.62. The number of rotatable bonds is 2. The Hall–Kier alpha value is -2.96. The van der Waals surface area contributed by atoms with Crippen LogP contribution in [0.5, 0.6) is 0 Å². The molecule has 1 aliphatic carbocycles. The van der Waals surface area contributed by atoms with E-state index in [9.17, 15) is 13.2 Å². The zero-order chi connectivity index (χ0) is 17.4. The lowest BCUT2D eigenvalue weighted by Crippen LogP contribution is -2.17. The molecule has 25 heavy (non-hydrogen) atoms. The molecule has 0 N–H and O–H groups in total. The number of hydrogen-bond donors (Lipinski definition) is 0. The normalized spacial score (nSPS) is 15.2. The Morgan fingerprint density at radius 2 is 1.84 bits per heavy atom. The number of para-hydroxylation sites is 2. The first kappa shape index (κ1) is 15.6. The fourth-order valence-corrected chi connectivity index (χ4v) is 2.84. The summed E-state index contributed by atoms with van der Waals surface area (Å²) < 4.78 is 40.9. The average molecular weight is 342 g/mol. The van der Waals surface area contributed by atoms with Crippen LogP contribution in [0.15, 0.2) is 60.6 Å². The zero-order valence-electron chi connectivity index (χ0n) is 13.0. The van der Waals surface area contributed by atoms with E-state index in [1.165, 1.54) is 17.0 Å². The summed E-state index contributed by atoms with van der Waals surface area (Å²) in [7, 11) is 0. The zero-order valence-corrected chi connectivity index (χ0v) is 13.0. The number of fused-ring (bicyclic) bond motifs is 1. The van der Waals surface area contributed by atoms with Crippen LogP contribution in [0.1, 0.15) is 12.8 Å². The predicted molar refractivity (Wildman–Crippen MR) is 88.4 cm³/mol. The molecule has 7 heteroatoms. The summed E-state index contributed by atoms with van der Waals surface area (Å²) >= 11 is 0. The first-order valence-electron chi connectivity index (χ1n) is 7.76. The van der Waals surface area contributed by atoms with Gasteiger partial charge in [0, 0.05) is 11.8 Å². The number of alkyl halides is 3. The quantitative estimate of drug-likeness (QED) is 0.683. The fourth-order valence-electron chi connectivity index (χ4n) is 2.84. The van der Waals surface area contributed by atoms with E-state index < -0.39 is 11.7 Å². The lowest BCUT2D eigenvalue weighted by atomic mass is 10.0. The Labute approximate surface area is 141 Å². The molecule has 2 aromatic heterocycles. The van der Waals surface area contributed by atoms with E-state index >= 15 is 0 Å². The average Bonchev–Trinajstić information content (AvgIpc) is 3.10. The third-order valence-electron chi connectivity index (χ3n) is 4.06. The highest BCUT2D eigenvalue weighted by atomic mass is 19.4. The van der Waals surface area contributed by atoms with Crippen LogP contribution in [-0.4, -0.2) is 25.9 Å². The number of allylic oxidation sites excluding steroid dienone is 4. The maximum absolute atomic E-state index is 13.2. The van der Waals surface area contributed by atoms with Crippen LogP contribution >= 0.6 is 0 Å². The van der Waals surface area contributed by atoms with Crippen LogP contribution in [0.3, 0.4) is 0 Å². The van der Waals surface area contributed by atoms with E-state index in [1.54, 1.807) is 18.5 Å². The van der Waals surface area contributed by atoms with E-state index in [0.29, 0.717) is 17.7 Å². The first-order chi connectivity index (χ1) is 12.0. The molecule has 0 bridgehead atoms. The van der Waals surface area contributed by atoms with Crippen molar-refractivity contribution in [3.8, 4) is 11.3 Å². The van der Waals surface area contributed by atoms with E-state index in [-0.39, 0.29) is 12.1 Å². The molecule has 126 valence electrons. The van der Waals surface area contributed by atoms with Crippen LogP contribution in [0.4, 0.5) is 13.2 Å². The van der Waals surface area contributed by atoms with Gasteiger partial charge in [-0.2, -0.15) is 18.3 Å². The standard InChI is InChI=1S/C18H13F3N4/c19-18(20,21)13-5-1-4-8-17(13)25-11-12(9-23-25)16-10-22-14-6-2-3-7-15(14)24-16/h2-4,6-11H,1,5H2. The van der Waals surface area contributed by atoms with E-state index in [4.69, 9.17) is 0 Å². The number of hydrogen-bond acceptors (Lipinski definition) is 3. The van der Waals surface area contributed by atoms with E-state index in [0.717, 1.165) is 11.0 Å². The van der Waals surface area contributed by atoms with Crippen molar-refractivity contribution in [2.45, 2.75) is 19.0 Å². The van der Waals surface area contributed by atoms with Gasteiger partial charge in [-0.1, -0.05) is 18.2 Å². The molecule has 0 aliphatic heterocycles. The maximum Gasteiger partial charge on any atom is 0.414 e. The fraction of sp³-hybridized carbons (Fsp3) is 0.167. The van der Waals surface area contributed by atoms with Crippen molar-refractivity contribution in [1.29, 1.82) is 0 Å². The summed E-state index contributed by atoms with van der Waals surface area (Å²) in [5, 5.41) is 4.10. The SMILES string of the molecule is FC(F)(F)C1=C(n2cc(-c3cnc4ccccc4n3)cn2)C=CCC1. The van der Waals surface area contributed by atoms with Gasteiger partial charge < -0.3 is 0 Å². The first-order valence-corrected chi connectivity index (χ1v) is 7.76. The molecule has 0 spiro atoms. The number of benzene rings is 1. The number of halogens is 3. The van der Waals surface area contributed by atoms with Gasteiger partial charge in [-0.25, -0.2) is 9.67 Å². The molecular formula is C18H13F3N4. The Balaban J connectivity index is 1.76. The molecule has 0 amide bonds. The third kappa shape index (κ3) is 2.93. The summed E-state index contributed by atoms with van der Waals surface area (Å²) in [5.74, 6) is 0. The second-order valence-corrected chi connectivity index (χ2v) is 5.72. The van der Waals surface area contributed by atoms with Crippen molar-refractivity contribution < 1.29 is 13.2 Å². The van der Waals surface area contributed by atoms with E-state index in [2.05, 4.69) is 15.1 Å². The molecule has 0 saturated carbocycles. The van der Waals surface area contributed by atoms with Gasteiger partial charge in [0.15, 0.2) is 0 Å². The van der Waals surface area contributed by atoms with Crippen LogP contribution in [0, 0.1) is 0 Å². The topological polar surface area (TPSA) is 43.6 Å². The van der Waals surface area contributed by atoms with Crippen LogP contribution in [-0.2, 0) is 0 Å². The molecule has 2 heterocycles. The monoisotopic (exact) mass is 342 g/mol. The minimum absolute atomic E-state index is 0.0414. The van der Waals surface area contributed by atoms with Crippen LogP contribution in [0.2, 0.25) is 0 Å². The molecular weight excluding hydrogens is 329 g/mol. The summed E-state index contributed by atoms with van der Waals surface area (Å²) in [4.78, 5) is 8.83. The Morgan fingerprint density at radius 3 is 2.64 bits per heavy atom. The van der Waals surface area contributed by atoms with Crippen molar-refractivity contribution in [2.24, 2.45) is 0 Å². The second kappa shape index (κ2) is 5.84. The second-order valence-electron chi connectivity index (χ2n) is 5.72. The Bertz CT molecular complexity index is 999. The molecule has 0 unspecified atom stereocenters. The van der Waals surface area contributed by atoms with Gasteiger partial charge in [0.25, 0.3) is 0 Å². The van der Waals surface area contributed by atoms with Gasteiger partial charge in [0.2, 0.25) is 0 Å². The Kier molecular flexibility index (Phi) is 3.63. The largest absolute Gasteiger partial charge is 0.414 e. The highest BCUT2D eigenvalue weighted by Gasteiger charge is 2.36. The van der Waals surface area contributed by atoms with Crippen molar-refractivity contribution in [1.82, 2.24) is 19.7 Å². The molecule has 0 atom stereocenters. The lowest BCUT2D eigenvalue weighted by molar-refractivity contribution is -0.0936. The van der Waals surface area contributed by atoms with Crippen molar-refractivity contribution in [3.63, 3.8) is 0 Å². The number of nitrogens with zero attached hydrogens (tertiary/aromatic N) is 4. The molecule has 1 aliphatic rings. The van der Waals surface area contributed by atoms with Crippen molar-refractivity contribution in [3.05, 3.63) is 60.6 Å². The van der Waals surface area contributed by atoms with Crippen LogP contribution in [0.25, 0.3) is 28.0 Å². The van der Waals surface area contributed by atoms with Gasteiger partial charge in [-0.3, -0.25) is 4.98 Å². The lowest BCUT2D eigenvalue weighted by Gasteiger charge is -2.18. The Morgan fingerprint density at radius 1 is 1.04 bits per heavy atom. The summed E-state index contributed by atoms with van der Waals surface area (Å²) in [6.07, 6.45) is 3.81. The highest BCUT2D eigenvalue weighted by Crippen LogP contribution is 2.36. The smallest absolute Gasteiger partial charge is 0.252 e. The summed E-state index contributed by atoms with van der Waals surface area (Å²) in [6, 6.07) is 7.42. The summed E-state index contributed by atoms with van der Waals surface area (Å²) in [6.45, 7) is 0. The molecule has 0 radical (unpaired) electrons. The molecule has 0 saturated heterocycles. The highest BCUT2D eigenvalue weighted by molar-refractivity contribution is 5.77. The van der Waals surface area contributed by atoms with Crippen molar-refractivity contribution >= 4 is 16.7 Å². The molecule has 4 nitrogen and oxygen atoms in total. The molecule has 3 aromatic rings. The van der Waals surface area contributed by atoms with Gasteiger partial charge >= 0.3 is 6.18 Å². The molecule has 0 fully saturated rings. The summed E-state index contributed by atoms with van der Waals surface area (Å²) in [5.41, 5.74) is 2.16. The minimum atomic E-state index is -4.37. The number of aromatic nitrogens is 4. The van der Waals surface area contributed by atoms with E-state index in [1.807, 2.05) is 24.3 Å².